The lowest BCUT2D eigenvalue weighted by molar-refractivity contribution is 0.0943. The van der Waals surface area contributed by atoms with Gasteiger partial charge in [0.25, 0.3) is 5.91 Å². The van der Waals surface area contributed by atoms with Crippen molar-refractivity contribution in [2.45, 2.75) is 19.5 Å². The first-order valence-corrected chi connectivity index (χ1v) is 9.74. The van der Waals surface area contributed by atoms with E-state index in [9.17, 15) is 4.79 Å². The van der Waals surface area contributed by atoms with Gasteiger partial charge in [0.2, 0.25) is 0 Å². The fraction of sp³-hybridized carbons (Fsp3) is 0.286. The van der Waals surface area contributed by atoms with Crippen molar-refractivity contribution in [1.82, 2.24) is 14.8 Å². The molecule has 26 heavy (non-hydrogen) atoms. The fourth-order valence-electron chi connectivity index (χ4n) is 3.75. The largest absolute Gasteiger partial charge is 0.351 e. The first-order chi connectivity index (χ1) is 12.6. The van der Waals surface area contributed by atoms with Gasteiger partial charge in [-0.15, -0.1) is 0 Å². The second kappa shape index (κ2) is 7.25. The fourth-order valence-corrected chi connectivity index (χ4v) is 4.53. The minimum absolute atomic E-state index is 0.0275. The lowest BCUT2D eigenvalue weighted by Gasteiger charge is -2.15. The molecule has 4 rings (SSSR count). The van der Waals surface area contributed by atoms with Gasteiger partial charge in [-0.3, -0.25) is 9.69 Å². The summed E-state index contributed by atoms with van der Waals surface area (Å²) in [6.45, 7) is 3.70. The van der Waals surface area contributed by atoms with Crippen LogP contribution in [0.3, 0.4) is 0 Å². The number of carbonyl (C=O) groups is 1. The van der Waals surface area contributed by atoms with Crippen LogP contribution < -0.4 is 5.32 Å². The number of halogens is 1. The molecular weight excluding hydrogens is 390 g/mol. The minimum atomic E-state index is -0.0275. The van der Waals surface area contributed by atoms with Crippen molar-refractivity contribution in [3.63, 3.8) is 0 Å². The maximum absolute atomic E-state index is 12.7. The summed E-state index contributed by atoms with van der Waals surface area (Å²) in [7, 11) is 1.93. The van der Waals surface area contributed by atoms with Crippen molar-refractivity contribution < 1.29 is 4.79 Å². The SMILES string of the molecule is Cn1c(C(=O)NCCCN2Cc3ccccc3C2)c(Br)c2ccccc21. The van der Waals surface area contributed by atoms with Crippen LogP contribution in [0.1, 0.15) is 28.0 Å². The molecule has 3 aromatic rings. The summed E-state index contributed by atoms with van der Waals surface area (Å²) in [5, 5.41) is 4.14. The van der Waals surface area contributed by atoms with Crippen molar-refractivity contribution in [1.29, 1.82) is 0 Å². The van der Waals surface area contributed by atoms with Crippen molar-refractivity contribution in [2.24, 2.45) is 7.05 Å². The Kier molecular flexibility index (Phi) is 4.83. The monoisotopic (exact) mass is 411 g/mol. The Morgan fingerprint density at radius 3 is 2.42 bits per heavy atom. The standard InChI is InChI=1S/C21H22BrN3O/c1-24-18-10-5-4-9-17(18)19(22)20(24)21(26)23-11-6-12-25-13-15-7-2-3-8-16(15)14-25/h2-5,7-10H,6,11-14H2,1H3,(H,23,26). The Bertz CT molecular complexity index is 899. The number of aromatic nitrogens is 1. The molecular formula is C21H22BrN3O. The van der Waals surface area contributed by atoms with E-state index >= 15 is 0 Å². The normalized spacial score (nSPS) is 13.9. The third kappa shape index (κ3) is 3.17. The van der Waals surface area contributed by atoms with Crippen LogP contribution >= 0.6 is 15.9 Å². The molecule has 2 heterocycles. The molecule has 2 aromatic carbocycles. The predicted octanol–water partition coefficient (Wildman–Crippen LogP) is 4.08. The molecule has 134 valence electrons. The van der Waals surface area contributed by atoms with Gasteiger partial charge in [-0.2, -0.15) is 0 Å². The Morgan fingerprint density at radius 2 is 1.73 bits per heavy atom. The summed E-state index contributed by atoms with van der Waals surface area (Å²) in [6, 6.07) is 16.6. The average Bonchev–Trinajstić information content (AvgIpc) is 3.18. The van der Waals surface area contributed by atoms with Crippen LogP contribution in [-0.2, 0) is 20.1 Å². The Hall–Kier alpha value is -2.11. The van der Waals surface area contributed by atoms with Crippen LogP contribution in [0.5, 0.6) is 0 Å². The number of nitrogens with zero attached hydrogens (tertiary/aromatic N) is 2. The van der Waals surface area contributed by atoms with Crippen molar-refractivity contribution >= 4 is 32.7 Å². The van der Waals surface area contributed by atoms with Crippen LogP contribution in [0.25, 0.3) is 10.9 Å². The number of aryl methyl sites for hydroxylation is 1. The summed E-state index contributed by atoms with van der Waals surface area (Å²) >= 11 is 3.59. The summed E-state index contributed by atoms with van der Waals surface area (Å²) in [5.74, 6) is -0.0275. The quantitative estimate of drug-likeness (QED) is 0.642. The van der Waals surface area contributed by atoms with Gasteiger partial charge in [0.15, 0.2) is 0 Å². The van der Waals surface area contributed by atoms with Crippen LogP contribution in [0.4, 0.5) is 0 Å². The maximum Gasteiger partial charge on any atom is 0.269 e. The second-order valence-electron chi connectivity index (χ2n) is 6.83. The smallest absolute Gasteiger partial charge is 0.269 e. The molecule has 0 atom stereocenters. The van der Waals surface area contributed by atoms with E-state index in [1.807, 2.05) is 35.9 Å². The predicted molar refractivity (Wildman–Crippen MR) is 108 cm³/mol. The summed E-state index contributed by atoms with van der Waals surface area (Å²) in [4.78, 5) is 15.1. The molecule has 4 nitrogen and oxygen atoms in total. The number of nitrogens with one attached hydrogen (secondary N) is 1. The number of amides is 1. The number of hydrogen-bond acceptors (Lipinski definition) is 2. The number of carbonyl (C=O) groups excluding carboxylic acids is 1. The molecule has 1 aliphatic heterocycles. The first kappa shape index (κ1) is 17.3. The molecule has 0 saturated heterocycles. The van der Waals surface area contributed by atoms with E-state index < -0.39 is 0 Å². The van der Waals surface area contributed by atoms with Gasteiger partial charge < -0.3 is 9.88 Å². The lowest BCUT2D eigenvalue weighted by atomic mass is 10.1. The third-order valence-corrected chi connectivity index (χ3v) is 5.91. The number of para-hydroxylation sites is 1. The van der Waals surface area contributed by atoms with Crippen molar-refractivity contribution in [3.8, 4) is 0 Å². The number of hydrogen-bond donors (Lipinski definition) is 1. The molecule has 0 spiro atoms. The van der Waals surface area contributed by atoms with Gasteiger partial charge in [0, 0.05) is 44.1 Å². The Morgan fingerprint density at radius 1 is 1.08 bits per heavy atom. The molecule has 1 N–H and O–H groups in total. The number of rotatable bonds is 5. The van der Waals surface area contributed by atoms with Crippen LogP contribution in [-0.4, -0.2) is 28.5 Å². The van der Waals surface area contributed by atoms with Crippen molar-refractivity contribution in [3.05, 3.63) is 69.8 Å². The second-order valence-corrected chi connectivity index (χ2v) is 7.62. The molecule has 0 bridgehead atoms. The molecule has 1 aliphatic rings. The van der Waals surface area contributed by atoms with E-state index in [2.05, 4.69) is 50.4 Å². The van der Waals surface area contributed by atoms with Crippen LogP contribution in [0, 0.1) is 0 Å². The van der Waals surface area contributed by atoms with E-state index in [0.29, 0.717) is 12.2 Å². The van der Waals surface area contributed by atoms with E-state index in [4.69, 9.17) is 0 Å². The van der Waals surface area contributed by atoms with E-state index in [1.54, 1.807) is 0 Å². The zero-order chi connectivity index (χ0) is 18.1. The Labute approximate surface area is 161 Å². The van der Waals surface area contributed by atoms with Gasteiger partial charge in [-0.25, -0.2) is 0 Å². The molecule has 0 unspecified atom stereocenters. The summed E-state index contributed by atoms with van der Waals surface area (Å²) < 4.78 is 2.81. The maximum atomic E-state index is 12.7. The highest BCUT2D eigenvalue weighted by atomic mass is 79.9. The Balaban J connectivity index is 1.33. The topological polar surface area (TPSA) is 37.3 Å². The average molecular weight is 412 g/mol. The molecule has 1 aromatic heterocycles. The minimum Gasteiger partial charge on any atom is -0.351 e. The zero-order valence-corrected chi connectivity index (χ0v) is 16.4. The summed E-state index contributed by atoms with van der Waals surface area (Å²) in [6.07, 6.45) is 0.946. The van der Waals surface area contributed by atoms with Crippen molar-refractivity contribution in [2.75, 3.05) is 13.1 Å². The molecule has 0 aliphatic carbocycles. The first-order valence-electron chi connectivity index (χ1n) is 8.95. The van der Waals surface area contributed by atoms with Crippen LogP contribution in [0.15, 0.2) is 53.0 Å². The zero-order valence-electron chi connectivity index (χ0n) is 14.8. The highest BCUT2D eigenvalue weighted by Crippen LogP contribution is 2.30. The van der Waals surface area contributed by atoms with Gasteiger partial charge in [0.05, 0.1) is 4.47 Å². The highest BCUT2D eigenvalue weighted by molar-refractivity contribution is 9.10. The van der Waals surface area contributed by atoms with Gasteiger partial charge >= 0.3 is 0 Å². The summed E-state index contributed by atoms with van der Waals surface area (Å²) in [5.41, 5.74) is 4.59. The van der Waals surface area contributed by atoms with Crippen LogP contribution in [0.2, 0.25) is 0 Å². The number of benzene rings is 2. The third-order valence-electron chi connectivity index (χ3n) is 5.10. The van der Waals surface area contributed by atoms with E-state index in [-0.39, 0.29) is 5.91 Å². The van der Waals surface area contributed by atoms with E-state index in [0.717, 1.165) is 41.4 Å². The molecule has 0 radical (unpaired) electrons. The highest BCUT2D eigenvalue weighted by Gasteiger charge is 2.20. The molecule has 1 amide bonds. The van der Waals surface area contributed by atoms with Gasteiger partial charge in [-0.05, 0) is 39.5 Å². The molecule has 0 fully saturated rings. The lowest BCUT2D eigenvalue weighted by Crippen LogP contribution is -2.29. The van der Waals surface area contributed by atoms with Gasteiger partial charge in [-0.1, -0.05) is 42.5 Å². The van der Waals surface area contributed by atoms with Gasteiger partial charge in [0.1, 0.15) is 5.69 Å². The van der Waals surface area contributed by atoms with E-state index in [1.165, 1.54) is 11.1 Å². The number of fused-ring (bicyclic) bond motifs is 2. The molecule has 5 heteroatoms. The molecule has 0 saturated carbocycles.